The van der Waals surface area contributed by atoms with Crippen LogP contribution in [0, 0.1) is 12.7 Å². The molecule has 3 heterocycles. The number of hydrogen-bond donors (Lipinski definition) is 0. The Morgan fingerprint density at radius 2 is 1.88 bits per heavy atom. The highest BCUT2D eigenvalue weighted by molar-refractivity contribution is 8.13. The van der Waals surface area contributed by atoms with Gasteiger partial charge in [-0.2, -0.15) is 5.10 Å². The summed E-state index contributed by atoms with van der Waals surface area (Å²) in [5.41, 5.74) is 2.51. The standard InChI is InChI=1S/C28H24ClF2N5O3S/c1-15(37)27-21-8-17(19-10-32-16(2)33-11-19)6-7-23(21)36(34-27)13-25(38)35-12-20(30)9-24(35)28(39)40-14-18-4-3-5-22(29)26(18)31/h3-8,10-11,20,24H,9,12-14H2,1-2H3/t20-,24+/m1/s1. The molecule has 0 N–H and O–H groups in total. The quantitative estimate of drug-likeness (QED) is 0.276. The monoisotopic (exact) mass is 583 g/mol. The molecule has 0 bridgehead atoms. The van der Waals surface area contributed by atoms with E-state index in [9.17, 15) is 23.2 Å². The van der Waals surface area contributed by atoms with E-state index in [0.29, 0.717) is 16.7 Å². The first-order valence-corrected chi connectivity index (χ1v) is 13.8. The number of benzene rings is 2. The molecule has 5 rings (SSSR count). The number of alkyl halides is 1. The van der Waals surface area contributed by atoms with Gasteiger partial charge in [0.1, 0.15) is 36.1 Å². The maximum Gasteiger partial charge on any atom is 0.245 e. The lowest BCUT2D eigenvalue weighted by Gasteiger charge is -2.23. The lowest BCUT2D eigenvalue weighted by Crippen LogP contribution is -2.41. The Labute approximate surface area is 237 Å². The first-order chi connectivity index (χ1) is 19.1. The van der Waals surface area contributed by atoms with Crippen LogP contribution < -0.4 is 0 Å². The Hall–Kier alpha value is -3.70. The first-order valence-electron chi connectivity index (χ1n) is 12.5. The zero-order chi connectivity index (χ0) is 28.6. The predicted octanol–water partition coefficient (Wildman–Crippen LogP) is 5.20. The van der Waals surface area contributed by atoms with Crippen molar-refractivity contribution in [2.24, 2.45) is 0 Å². The smallest absolute Gasteiger partial charge is 0.245 e. The molecule has 2 atom stereocenters. The minimum atomic E-state index is -1.37. The van der Waals surface area contributed by atoms with Crippen LogP contribution in [0.2, 0.25) is 5.02 Å². The molecule has 12 heteroatoms. The van der Waals surface area contributed by atoms with Crippen LogP contribution in [0.15, 0.2) is 48.8 Å². The third-order valence-corrected chi connectivity index (χ3v) is 8.03. The van der Waals surface area contributed by atoms with Crippen LogP contribution in [0.25, 0.3) is 22.0 Å². The molecular formula is C28H24ClF2N5O3S. The van der Waals surface area contributed by atoms with Gasteiger partial charge >= 0.3 is 0 Å². The van der Waals surface area contributed by atoms with E-state index in [2.05, 4.69) is 15.1 Å². The van der Waals surface area contributed by atoms with Gasteiger partial charge in [0, 0.05) is 42.4 Å². The maximum atomic E-state index is 14.4. The Balaban J connectivity index is 1.36. The van der Waals surface area contributed by atoms with Crippen molar-refractivity contribution >= 4 is 51.1 Å². The molecule has 0 unspecified atom stereocenters. The Morgan fingerprint density at radius 1 is 1.12 bits per heavy atom. The number of carbonyl (C=O) groups is 3. The molecule has 8 nitrogen and oxygen atoms in total. The zero-order valence-corrected chi connectivity index (χ0v) is 23.2. The Kier molecular flexibility index (Phi) is 7.95. The Morgan fingerprint density at radius 3 is 2.60 bits per heavy atom. The van der Waals surface area contributed by atoms with Crippen molar-refractivity contribution in [1.29, 1.82) is 0 Å². The van der Waals surface area contributed by atoms with Crippen LogP contribution in [0.3, 0.4) is 0 Å². The fourth-order valence-corrected chi connectivity index (χ4v) is 5.82. The van der Waals surface area contributed by atoms with Gasteiger partial charge in [-0.3, -0.25) is 19.1 Å². The summed E-state index contributed by atoms with van der Waals surface area (Å²) in [6, 6.07) is 8.86. The second-order valence-corrected chi connectivity index (χ2v) is 10.9. The summed E-state index contributed by atoms with van der Waals surface area (Å²) in [5.74, 6) is -0.775. The molecule has 1 saturated heterocycles. The topological polar surface area (TPSA) is 98.1 Å². The number of ketones is 1. The van der Waals surface area contributed by atoms with Crippen molar-refractivity contribution in [2.75, 3.05) is 6.54 Å². The SMILES string of the molecule is CC(=O)c1nn(CC(=O)N2C[C@H](F)C[C@H]2C(=O)SCc2cccc(Cl)c2F)c2ccc(-c3cnc(C)nc3)cc12. The summed E-state index contributed by atoms with van der Waals surface area (Å²) in [6.45, 7) is 2.64. The highest BCUT2D eigenvalue weighted by atomic mass is 35.5. The number of thioether (sulfide) groups is 1. The van der Waals surface area contributed by atoms with Gasteiger partial charge in [-0.25, -0.2) is 18.7 Å². The van der Waals surface area contributed by atoms with E-state index in [-0.39, 0.29) is 47.3 Å². The molecule has 1 aliphatic rings. The number of amides is 1. The van der Waals surface area contributed by atoms with Gasteiger partial charge in [0.05, 0.1) is 17.1 Å². The first kappa shape index (κ1) is 27.9. The van der Waals surface area contributed by atoms with E-state index in [1.165, 1.54) is 28.6 Å². The average molecular weight is 584 g/mol. The number of nitrogens with zero attached hydrogens (tertiary/aromatic N) is 5. The van der Waals surface area contributed by atoms with E-state index in [1.807, 2.05) is 6.07 Å². The van der Waals surface area contributed by atoms with E-state index in [0.717, 1.165) is 22.9 Å². The number of carbonyl (C=O) groups excluding carboxylic acids is 3. The minimum Gasteiger partial charge on any atom is -0.327 e. The summed E-state index contributed by atoms with van der Waals surface area (Å²) in [4.78, 5) is 48.4. The average Bonchev–Trinajstić information content (AvgIpc) is 3.50. The van der Waals surface area contributed by atoms with E-state index in [4.69, 9.17) is 11.6 Å². The van der Waals surface area contributed by atoms with Crippen LogP contribution >= 0.6 is 23.4 Å². The fraction of sp³-hybridized carbons (Fsp3) is 0.286. The predicted molar refractivity (Wildman–Crippen MR) is 148 cm³/mol. The van der Waals surface area contributed by atoms with Gasteiger partial charge in [0.25, 0.3) is 0 Å². The number of aryl methyl sites for hydroxylation is 1. The number of halogens is 3. The summed E-state index contributed by atoms with van der Waals surface area (Å²) in [6.07, 6.45) is 1.85. The molecule has 1 fully saturated rings. The van der Waals surface area contributed by atoms with E-state index in [1.54, 1.807) is 37.5 Å². The second kappa shape index (κ2) is 11.4. The largest absolute Gasteiger partial charge is 0.327 e. The van der Waals surface area contributed by atoms with E-state index < -0.39 is 29.1 Å². The van der Waals surface area contributed by atoms with Crippen molar-refractivity contribution in [3.05, 3.63) is 76.7 Å². The van der Waals surface area contributed by atoms with Crippen LogP contribution in [0.1, 0.15) is 35.2 Å². The number of hydrogen-bond acceptors (Lipinski definition) is 7. The maximum absolute atomic E-state index is 14.4. The molecule has 2 aromatic carbocycles. The highest BCUT2D eigenvalue weighted by Gasteiger charge is 2.40. The molecular weight excluding hydrogens is 560 g/mol. The Bertz CT molecular complexity index is 1630. The number of aromatic nitrogens is 4. The minimum absolute atomic E-state index is 0.000824. The van der Waals surface area contributed by atoms with Crippen molar-refractivity contribution in [1.82, 2.24) is 24.6 Å². The second-order valence-electron chi connectivity index (χ2n) is 9.53. The lowest BCUT2D eigenvalue weighted by molar-refractivity contribution is -0.135. The molecule has 0 spiro atoms. The number of fused-ring (bicyclic) bond motifs is 1. The third kappa shape index (κ3) is 5.62. The van der Waals surface area contributed by atoms with E-state index >= 15 is 0 Å². The molecule has 1 aliphatic heterocycles. The molecule has 0 saturated carbocycles. The lowest BCUT2D eigenvalue weighted by atomic mass is 10.0. The summed E-state index contributed by atoms with van der Waals surface area (Å²) in [7, 11) is 0. The van der Waals surface area contributed by atoms with Crippen molar-refractivity contribution in [3.63, 3.8) is 0 Å². The van der Waals surface area contributed by atoms with Gasteiger partial charge < -0.3 is 4.90 Å². The molecule has 1 amide bonds. The molecule has 40 heavy (non-hydrogen) atoms. The molecule has 4 aromatic rings. The molecule has 0 radical (unpaired) electrons. The zero-order valence-electron chi connectivity index (χ0n) is 21.6. The number of likely N-dealkylation sites (tertiary alicyclic amines) is 1. The van der Waals surface area contributed by atoms with Gasteiger partial charge in [-0.1, -0.05) is 41.6 Å². The summed E-state index contributed by atoms with van der Waals surface area (Å²) in [5, 5.41) is 4.44. The fourth-order valence-electron chi connectivity index (χ4n) is 4.69. The van der Waals surface area contributed by atoms with Crippen LogP contribution in [0.4, 0.5) is 8.78 Å². The van der Waals surface area contributed by atoms with Crippen molar-refractivity contribution in [2.45, 2.75) is 44.8 Å². The summed E-state index contributed by atoms with van der Waals surface area (Å²) >= 11 is 6.63. The van der Waals surface area contributed by atoms with Gasteiger partial charge in [-0.05, 0) is 36.2 Å². The van der Waals surface area contributed by atoms with Gasteiger partial charge in [0.15, 0.2) is 5.78 Å². The summed E-state index contributed by atoms with van der Waals surface area (Å²) < 4.78 is 30.1. The van der Waals surface area contributed by atoms with Gasteiger partial charge in [-0.15, -0.1) is 0 Å². The van der Waals surface area contributed by atoms with Crippen molar-refractivity contribution in [3.8, 4) is 11.1 Å². The molecule has 206 valence electrons. The number of Topliss-reactive ketones (excluding diaryl/α,β-unsaturated/α-hetero) is 1. The van der Waals surface area contributed by atoms with Crippen LogP contribution in [-0.2, 0) is 21.9 Å². The molecule has 0 aliphatic carbocycles. The normalized spacial score (nSPS) is 17.0. The van der Waals surface area contributed by atoms with Crippen LogP contribution in [0.5, 0.6) is 0 Å². The number of rotatable bonds is 7. The van der Waals surface area contributed by atoms with Crippen molar-refractivity contribution < 1.29 is 23.2 Å². The third-order valence-electron chi connectivity index (χ3n) is 6.73. The van der Waals surface area contributed by atoms with Gasteiger partial charge in [0.2, 0.25) is 11.0 Å². The highest BCUT2D eigenvalue weighted by Crippen LogP contribution is 2.30. The molecule has 2 aromatic heterocycles. The van der Waals surface area contributed by atoms with Crippen LogP contribution in [-0.4, -0.2) is 60.2 Å².